The zero-order valence-electron chi connectivity index (χ0n) is 15.7. The van der Waals surface area contributed by atoms with Crippen molar-refractivity contribution >= 4 is 23.4 Å². The summed E-state index contributed by atoms with van der Waals surface area (Å²) >= 11 is 0. The minimum absolute atomic E-state index is 0.176. The molecule has 0 aliphatic carbocycles. The molecule has 3 amide bonds. The minimum Gasteiger partial charge on any atom is -0.382 e. The molecule has 0 atom stereocenters. The van der Waals surface area contributed by atoms with Crippen molar-refractivity contribution in [2.24, 2.45) is 0 Å². The highest BCUT2D eigenvalue weighted by molar-refractivity contribution is 5.96. The Kier molecular flexibility index (Phi) is 8.01. The Morgan fingerprint density at radius 2 is 1.90 bits per heavy atom. The number of hydrogen-bond acceptors (Lipinski definition) is 5. The Morgan fingerprint density at radius 1 is 1.17 bits per heavy atom. The molecule has 0 saturated carbocycles. The molecule has 8 nitrogen and oxygen atoms in total. The molecule has 1 aromatic heterocycles. The number of hydrogen-bond donors (Lipinski definition) is 2. The molecule has 0 unspecified atom stereocenters. The second-order valence-electron chi connectivity index (χ2n) is 5.91. The highest BCUT2D eigenvalue weighted by Gasteiger charge is 2.30. The average molecular weight is 414 g/mol. The first-order valence-corrected chi connectivity index (χ1v) is 8.80. The maximum Gasteiger partial charge on any atom is 0.416 e. The number of urea groups is 1. The quantitative estimate of drug-likeness (QED) is 0.612. The van der Waals surface area contributed by atoms with Crippen LogP contribution < -0.4 is 10.6 Å². The molecule has 0 aliphatic rings. The average Bonchev–Trinajstić information content (AvgIpc) is 3.16. The molecule has 29 heavy (non-hydrogen) atoms. The van der Waals surface area contributed by atoms with E-state index in [1.54, 1.807) is 0 Å². The Labute approximate surface area is 165 Å². The summed E-state index contributed by atoms with van der Waals surface area (Å²) in [7, 11) is 0. The predicted molar refractivity (Wildman–Crippen MR) is 98.3 cm³/mol. The fraction of sp³-hybridized carbons (Fsp3) is 0.389. The minimum atomic E-state index is -4.47. The van der Waals surface area contributed by atoms with E-state index in [2.05, 4.69) is 20.3 Å². The zero-order chi connectivity index (χ0) is 21.3. The second-order valence-corrected chi connectivity index (χ2v) is 5.91. The number of alkyl halides is 3. The summed E-state index contributed by atoms with van der Waals surface area (Å²) < 4.78 is 47.8. The predicted octanol–water partition coefficient (Wildman–Crippen LogP) is 3.59. The van der Waals surface area contributed by atoms with Crippen LogP contribution in [0.4, 0.5) is 29.5 Å². The van der Waals surface area contributed by atoms with Crippen molar-refractivity contribution < 1.29 is 32.0 Å². The molecular formula is C18H21F3N4O4. The lowest BCUT2D eigenvalue weighted by Gasteiger charge is -2.22. The summed E-state index contributed by atoms with van der Waals surface area (Å²) in [6, 6.07) is 4.85. The maximum atomic E-state index is 12.6. The van der Waals surface area contributed by atoms with E-state index in [0.29, 0.717) is 19.6 Å². The van der Waals surface area contributed by atoms with Crippen LogP contribution in [0.5, 0.6) is 0 Å². The van der Waals surface area contributed by atoms with Crippen molar-refractivity contribution in [3.63, 3.8) is 0 Å². The van der Waals surface area contributed by atoms with Gasteiger partial charge in [0.2, 0.25) is 5.91 Å². The largest absolute Gasteiger partial charge is 0.416 e. The topological polar surface area (TPSA) is 96.7 Å². The van der Waals surface area contributed by atoms with Gasteiger partial charge in [-0.1, -0.05) is 5.16 Å². The summed E-state index contributed by atoms with van der Waals surface area (Å²) in [5.41, 5.74) is -0.647. The number of nitrogens with one attached hydrogen (secondary N) is 2. The number of rotatable bonds is 9. The SMILES string of the molecule is CCOCCCN(CC(=O)Nc1ccon1)C(=O)Nc1ccc(C(F)(F)F)cc1. The van der Waals surface area contributed by atoms with Gasteiger partial charge in [0.1, 0.15) is 12.8 Å². The van der Waals surface area contributed by atoms with Crippen LogP contribution in [0.1, 0.15) is 18.9 Å². The highest BCUT2D eigenvalue weighted by Crippen LogP contribution is 2.29. The molecule has 0 radical (unpaired) electrons. The summed E-state index contributed by atoms with van der Waals surface area (Å²) in [5, 5.41) is 8.52. The molecule has 2 aromatic rings. The van der Waals surface area contributed by atoms with Crippen LogP contribution >= 0.6 is 0 Å². The lowest BCUT2D eigenvalue weighted by Crippen LogP contribution is -2.41. The van der Waals surface area contributed by atoms with E-state index in [0.717, 1.165) is 24.3 Å². The van der Waals surface area contributed by atoms with Gasteiger partial charge in [-0.3, -0.25) is 4.79 Å². The van der Waals surface area contributed by atoms with Crippen LogP contribution in [0, 0.1) is 0 Å². The number of carbonyl (C=O) groups excluding carboxylic acids is 2. The fourth-order valence-electron chi connectivity index (χ4n) is 2.33. The smallest absolute Gasteiger partial charge is 0.382 e. The van der Waals surface area contributed by atoms with Gasteiger partial charge in [-0.05, 0) is 37.6 Å². The first-order valence-electron chi connectivity index (χ1n) is 8.80. The third-order valence-electron chi connectivity index (χ3n) is 3.71. The Bertz CT molecular complexity index is 779. The number of amides is 3. The van der Waals surface area contributed by atoms with E-state index in [1.165, 1.54) is 17.2 Å². The molecule has 0 bridgehead atoms. The second kappa shape index (κ2) is 10.5. The lowest BCUT2D eigenvalue weighted by molar-refractivity contribution is -0.137. The van der Waals surface area contributed by atoms with Crippen LogP contribution in [0.3, 0.4) is 0 Å². The van der Waals surface area contributed by atoms with Gasteiger partial charge in [-0.2, -0.15) is 13.2 Å². The number of halogens is 3. The van der Waals surface area contributed by atoms with Gasteiger partial charge in [0, 0.05) is 31.5 Å². The Balaban J connectivity index is 1.99. The van der Waals surface area contributed by atoms with E-state index < -0.39 is 23.7 Å². The molecule has 0 fully saturated rings. The van der Waals surface area contributed by atoms with Crippen LogP contribution in [-0.2, 0) is 15.7 Å². The number of carbonyl (C=O) groups is 2. The van der Waals surface area contributed by atoms with Crippen LogP contribution in [0.15, 0.2) is 41.1 Å². The summed E-state index contributed by atoms with van der Waals surface area (Å²) in [4.78, 5) is 25.9. The monoisotopic (exact) mass is 414 g/mol. The molecule has 1 heterocycles. The third kappa shape index (κ3) is 7.45. The number of anilines is 2. The highest BCUT2D eigenvalue weighted by atomic mass is 19.4. The molecule has 158 valence electrons. The zero-order valence-corrected chi connectivity index (χ0v) is 15.7. The van der Waals surface area contributed by atoms with Crippen LogP contribution in [-0.4, -0.2) is 48.3 Å². The first-order chi connectivity index (χ1) is 13.8. The fourth-order valence-corrected chi connectivity index (χ4v) is 2.33. The molecule has 0 aliphatic heterocycles. The molecule has 2 rings (SSSR count). The first kappa shape index (κ1) is 22.2. The van der Waals surface area contributed by atoms with E-state index in [9.17, 15) is 22.8 Å². The van der Waals surface area contributed by atoms with Gasteiger partial charge in [-0.25, -0.2) is 4.79 Å². The van der Waals surface area contributed by atoms with Gasteiger partial charge in [0.25, 0.3) is 0 Å². The van der Waals surface area contributed by atoms with E-state index in [1.807, 2.05) is 6.92 Å². The Hall–Kier alpha value is -3.08. The number of benzene rings is 1. The van der Waals surface area contributed by atoms with E-state index in [4.69, 9.17) is 4.74 Å². The molecule has 2 N–H and O–H groups in total. The molecule has 0 spiro atoms. The number of ether oxygens (including phenoxy) is 1. The van der Waals surface area contributed by atoms with Crippen LogP contribution in [0.25, 0.3) is 0 Å². The van der Waals surface area contributed by atoms with Crippen molar-refractivity contribution in [1.29, 1.82) is 0 Å². The number of nitrogens with zero attached hydrogens (tertiary/aromatic N) is 2. The van der Waals surface area contributed by atoms with Crippen molar-refractivity contribution in [3.8, 4) is 0 Å². The van der Waals surface area contributed by atoms with E-state index in [-0.39, 0.29) is 24.6 Å². The van der Waals surface area contributed by atoms with E-state index >= 15 is 0 Å². The molecule has 11 heteroatoms. The van der Waals surface area contributed by atoms with Gasteiger partial charge >= 0.3 is 12.2 Å². The molecular weight excluding hydrogens is 393 g/mol. The molecule has 1 aromatic carbocycles. The van der Waals surface area contributed by atoms with Crippen molar-refractivity contribution in [2.45, 2.75) is 19.5 Å². The van der Waals surface area contributed by atoms with Gasteiger partial charge in [0.15, 0.2) is 5.82 Å². The molecule has 0 saturated heterocycles. The third-order valence-corrected chi connectivity index (χ3v) is 3.71. The summed E-state index contributed by atoms with van der Waals surface area (Å²) in [5.74, 6) is -0.301. The summed E-state index contributed by atoms with van der Waals surface area (Å²) in [6.07, 6.45) is -2.70. The van der Waals surface area contributed by atoms with Crippen molar-refractivity contribution in [2.75, 3.05) is 36.9 Å². The van der Waals surface area contributed by atoms with Crippen molar-refractivity contribution in [3.05, 3.63) is 42.2 Å². The van der Waals surface area contributed by atoms with Gasteiger partial charge in [0.05, 0.1) is 5.56 Å². The van der Waals surface area contributed by atoms with Crippen molar-refractivity contribution in [1.82, 2.24) is 10.1 Å². The van der Waals surface area contributed by atoms with Gasteiger partial charge < -0.3 is 24.8 Å². The maximum absolute atomic E-state index is 12.6. The Morgan fingerprint density at radius 3 is 2.48 bits per heavy atom. The summed E-state index contributed by atoms with van der Waals surface area (Å²) in [6.45, 7) is 2.67. The normalized spacial score (nSPS) is 11.2. The van der Waals surface area contributed by atoms with Gasteiger partial charge in [-0.15, -0.1) is 0 Å². The number of aromatic nitrogens is 1. The van der Waals surface area contributed by atoms with Crippen LogP contribution in [0.2, 0.25) is 0 Å². The lowest BCUT2D eigenvalue weighted by atomic mass is 10.2. The standard InChI is InChI=1S/C18H21F3N4O4/c1-2-28-10-3-9-25(12-16(26)23-15-8-11-29-24-15)17(27)22-14-6-4-13(5-7-14)18(19,20)21/h4-8,11H,2-3,9-10,12H2,1H3,(H,22,27)(H,23,24,26).